The number of hydrogen-bond acceptors (Lipinski definition) is 5. The summed E-state index contributed by atoms with van der Waals surface area (Å²) < 4.78 is 6.17. The molecule has 1 N–H and O–H groups in total. The minimum absolute atomic E-state index is 0.109. The summed E-state index contributed by atoms with van der Waals surface area (Å²) in [5, 5.41) is 23.2. The summed E-state index contributed by atoms with van der Waals surface area (Å²) in [5.74, 6) is -1.64. The van der Waals surface area contributed by atoms with Gasteiger partial charge in [-0.25, -0.2) is 4.79 Å². The fourth-order valence-electron chi connectivity index (χ4n) is 1.55. The summed E-state index contributed by atoms with van der Waals surface area (Å²) in [6, 6.07) is 2.82. The second-order valence-corrected chi connectivity index (χ2v) is 3.64. The van der Waals surface area contributed by atoms with Gasteiger partial charge in [0.05, 0.1) is 29.7 Å². The molecule has 0 aromatic carbocycles. The van der Waals surface area contributed by atoms with Crippen LogP contribution in [0.2, 0.25) is 0 Å². The molecule has 2 aromatic heterocycles. The van der Waals surface area contributed by atoms with Crippen LogP contribution in [-0.2, 0) is 6.54 Å². The van der Waals surface area contributed by atoms with Gasteiger partial charge < -0.3 is 19.6 Å². The highest BCUT2D eigenvalue weighted by Crippen LogP contribution is 2.16. The Kier molecular flexibility index (Phi) is 2.84. The Balaban J connectivity index is 2.31. The molecule has 2 heterocycles. The molecule has 2 aromatic rings. The van der Waals surface area contributed by atoms with Crippen molar-refractivity contribution in [2.45, 2.75) is 13.5 Å². The quantitative estimate of drug-likeness (QED) is 0.650. The fraction of sp³-hybridized carbons (Fsp3) is 0.200. The molecular weight excluding hydrogens is 242 g/mol. The molecule has 0 saturated carbocycles. The Labute approximate surface area is 101 Å². The highest BCUT2D eigenvalue weighted by Gasteiger charge is 2.19. The van der Waals surface area contributed by atoms with E-state index in [0.29, 0.717) is 11.3 Å². The molecule has 8 nitrogen and oxygen atoms in total. The number of aromatic nitrogens is 2. The van der Waals surface area contributed by atoms with Crippen LogP contribution in [0.5, 0.6) is 0 Å². The number of nitrogens with zero attached hydrogens (tertiary/aromatic N) is 3. The molecule has 0 fully saturated rings. The number of aromatic carboxylic acids is 1. The first-order valence-electron chi connectivity index (χ1n) is 4.97. The Hall–Kier alpha value is -2.64. The molecule has 18 heavy (non-hydrogen) atoms. The van der Waals surface area contributed by atoms with Crippen LogP contribution >= 0.6 is 0 Å². The van der Waals surface area contributed by atoms with Gasteiger partial charge in [0.2, 0.25) is 5.76 Å². The van der Waals surface area contributed by atoms with Crippen LogP contribution in [0.15, 0.2) is 22.8 Å². The summed E-state index contributed by atoms with van der Waals surface area (Å²) in [6.07, 6.45) is 1.26. The second-order valence-electron chi connectivity index (χ2n) is 3.64. The van der Waals surface area contributed by atoms with Crippen molar-refractivity contribution >= 4 is 11.8 Å². The van der Waals surface area contributed by atoms with Crippen LogP contribution in [0.1, 0.15) is 21.8 Å². The summed E-state index contributed by atoms with van der Waals surface area (Å²) in [6.45, 7) is 1.76. The first kappa shape index (κ1) is 11.8. The first-order chi connectivity index (χ1) is 8.49. The molecule has 0 aliphatic carbocycles. The van der Waals surface area contributed by atoms with Gasteiger partial charge in [-0.05, 0) is 17.9 Å². The van der Waals surface area contributed by atoms with E-state index in [1.807, 2.05) is 0 Å². The van der Waals surface area contributed by atoms with Crippen molar-refractivity contribution < 1.29 is 19.2 Å². The lowest BCUT2D eigenvalue weighted by atomic mass is 10.2. The lowest BCUT2D eigenvalue weighted by Gasteiger charge is -1.98. The topological polar surface area (TPSA) is 111 Å². The molecule has 8 heteroatoms. The number of carboxylic acids is 1. The van der Waals surface area contributed by atoms with E-state index in [2.05, 4.69) is 5.10 Å². The van der Waals surface area contributed by atoms with Crippen molar-refractivity contribution in [3.05, 3.63) is 45.5 Å². The highest BCUT2D eigenvalue weighted by atomic mass is 16.6. The number of carboxylic acid groups (broad SMARTS) is 1. The standard InChI is InChI=1S/C10H9N3O5/c1-6-4-8(13(16)17)11-12(6)5-7-2-3-18-9(7)10(14)15/h2-4H,5H2,1H3,(H,14,15). The number of furan rings is 1. The molecule has 0 unspecified atom stereocenters. The zero-order valence-corrected chi connectivity index (χ0v) is 9.36. The first-order valence-corrected chi connectivity index (χ1v) is 4.97. The molecule has 2 rings (SSSR count). The molecule has 0 spiro atoms. The van der Waals surface area contributed by atoms with Crippen molar-refractivity contribution in [3.8, 4) is 0 Å². The lowest BCUT2D eigenvalue weighted by molar-refractivity contribution is -0.389. The van der Waals surface area contributed by atoms with E-state index in [0.717, 1.165) is 0 Å². The van der Waals surface area contributed by atoms with Crippen LogP contribution in [0.3, 0.4) is 0 Å². The predicted octanol–water partition coefficient (Wildman–Crippen LogP) is 1.44. The molecule has 0 atom stereocenters. The minimum atomic E-state index is -1.19. The lowest BCUT2D eigenvalue weighted by Crippen LogP contribution is -2.07. The molecule has 0 bridgehead atoms. The van der Waals surface area contributed by atoms with Crippen LogP contribution in [0.25, 0.3) is 0 Å². The third-order valence-corrected chi connectivity index (χ3v) is 2.42. The maximum Gasteiger partial charge on any atom is 0.390 e. The zero-order chi connectivity index (χ0) is 13.3. The molecule has 0 aliphatic rings. The number of carbonyl (C=O) groups is 1. The van der Waals surface area contributed by atoms with E-state index in [1.54, 1.807) is 6.92 Å². The monoisotopic (exact) mass is 251 g/mol. The van der Waals surface area contributed by atoms with Gasteiger partial charge in [0, 0.05) is 5.56 Å². The van der Waals surface area contributed by atoms with Gasteiger partial charge in [0.25, 0.3) is 0 Å². The maximum atomic E-state index is 10.8. The normalized spacial score (nSPS) is 10.5. The van der Waals surface area contributed by atoms with Crippen LogP contribution < -0.4 is 0 Å². The van der Waals surface area contributed by atoms with E-state index < -0.39 is 10.9 Å². The van der Waals surface area contributed by atoms with Gasteiger partial charge in [-0.3, -0.25) is 0 Å². The van der Waals surface area contributed by atoms with E-state index in [1.165, 1.54) is 23.1 Å². The highest BCUT2D eigenvalue weighted by molar-refractivity contribution is 5.86. The Morgan fingerprint density at radius 3 is 2.94 bits per heavy atom. The van der Waals surface area contributed by atoms with Crippen molar-refractivity contribution in [1.29, 1.82) is 0 Å². The largest absolute Gasteiger partial charge is 0.475 e. The fourth-order valence-corrected chi connectivity index (χ4v) is 1.55. The smallest absolute Gasteiger partial charge is 0.390 e. The van der Waals surface area contributed by atoms with Crippen molar-refractivity contribution in [3.63, 3.8) is 0 Å². The summed E-state index contributed by atoms with van der Waals surface area (Å²) in [4.78, 5) is 20.8. The Morgan fingerprint density at radius 2 is 2.39 bits per heavy atom. The molecule has 0 aliphatic heterocycles. The van der Waals surface area contributed by atoms with E-state index in [4.69, 9.17) is 9.52 Å². The second kappa shape index (κ2) is 4.32. The summed E-state index contributed by atoms with van der Waals surface area (Å²) >= 11 is 0. The van der Waals surface area contributed by atoms with Gasteiger partial charge >= 0.3 is 11.8 Å². The SMILES string of the molecule is Cc1cc([N+](=O)[O-])nn1Cc1ccoc1C(=O)O. The van der Waals surface area contributed by atoms with Gasteiger partial charge in [0.15, 0.2) is 0 Å². The van der Waals surface area contributed by atoms with Gasteiger partial charge in [-0.2, -0.15) is 4.68 Å². The minimum Gasteiger partial charge on any atom is -0.475 e. The van der Waals surface area contributed by atoms with Crippen molar-refractivity contribution in [2.24, 2.45) is 0 Å². The maximum absolute atomic E-state index is 10.8. The van der Waals surface area contributed by atoms with Gasteiger partial charge in [0.1, 0.15) is 0 Å². The zero-order valence-electron chi connectivity index (χ0n) is 9.36. The summed E-state index contributed by atoms with van der Waals surface area (Å²) in [7, 11) is 0. The number of hydrogen-bond donors (Lipinski definition) is 1. The predicted molar refractivity (Wildman–Crippen MR) is 58.4 cm³/mol. The van der Waals surface area contributed by atoms with E-state index in [9.17, 15) is 14.9 Å². The third kappa shape index (κ3) is 2.08. The molecule has 0 radical (unpaired) electrons. The average molecular weight is 251 g/mol. The van der Waals surface area contributed by atoms with E-state index in [-0.39, 0.29) is 18.1 Å². The Morgan fingerprint density at radius 1 is 1.67 bits per heavy atom. The van der Waals surface area contributed by atoms with Crippen LogP contribution in [0, 0.1) is 17.0 Å². The van der Waals surface area contributed by atoms with Gasteiger partial charge in [-0.15, -0.1) is 0 Å². The van der Waals surface area contributed by atoms with Crippen LogP contribution in [0.4, 0.5) is 5.82 Å². The van der Waals surface area contributed by atoms with Crippen molar-refractivity contribution in [1.82, 2.24) is 9.78 Å². The van der Waals surface area contributed by atoms with Crippen LogP contribution in [-0.4, -0.2) is 25.8 Å². The van der Waals surface area contributed by atoms with Crippen molar-refractivity contribution in [2.75, 3.05) is 0 Å². The van der Waals surface area contributed by atoms with E-state index >= 15 is 0 Å². The molecule has 0 amide bonds. The third-order valence-electron chi connectivity index (χ3n) is 2.42. The number of aryl methyl sites for hydroxylation is 1. The van der Waals surface area contributed by atoms with Gasteiger partial charge in [-0.1, -0.05) is 0 Å². The Bertz CT molecular complexity index is 613. The molecule has 94 valence electrons. The molecule has 0 saturated heterocycles. The summed E-state index contributed by atoms with van der Waals surface area (Å²) in [5.41, 5.74) is 0.975. The average Bonchev–Trinajstić information content (AvgIpc) is 2.87. The number of rotatable bonds is 4. The number of nitro groups is 1. The molecular formula is C10H9N3O5.